The normalized spacial score (nSPS) is 29.1. The van der Waals surface area contributed by atoms with Gasteiger partial charge in [0, 0.05) is 31.7 Å². The highest BCUT2D eigenvalue weighted by molar-refractivity contribution is 5.98. The van der Waals surface area contributed by atoms with Crippen molar-refractivity contribution in [2.24, 2.45) is 0 Å². The van der Waals surface area contributed by atoms with Crippen LogP contribution in [0.1, 0.15) is 50.0 Å². The maximum Gasteiger partial charge on any atom is 0.317 e. The first-order chi connectivity index (χ1) is 18.9. The Kier molecular flexibility index (Phi) is 6.73. The summed E-state index contributed by atoms with van der Waals surface area (Å²) in [4.78, 5) is 29.1. The molecule has 9 N–H and O–H groups in total. The maximum atomic E-state index is 13.5. The number of amides is 3. The van der Waals surface area contributed by atoms with E-state index in [1.807, 2.05) is 19.9 Å². The van der Waals surface area contributed by atoms with E-state index in [1.54, 1.807) is 17.0 Å². The average molecular weight is 558 g/mol. The first-order valence-corrected chi connectivity index (χ1v) is 13.7. The third kappa shape index (κ3) is 4.08. The Bertz CT molecular complexity index is 1230. The van der Waals surface area contributed by atoms with Crippen LogP contribution in [-0.4, -0.2) is 106 Å². The van der Waals surface area contributed by atoms with Gasteiger partial charge in [-0.3, -0.25) is 15.6 Å². The molecule has 14 nitrogen and oxygen atoms in total. The lowest BCUT2D eigenvalue weighted by Crippen LogP contribution is -2.81. The van der Waals surface area contributed by atoms with Crippen molar-refractivity contribution >= 4 is 23.9 Å². The molecular weight excluding hydrogens is 518 g/mol. The lowest BCUT2D eigenvalue weighted by molar-refractivity contribution is -0.232. The zero-order valence-corrected chi connectivity index (χ0v) is 23.2. The van der Waals surface area contributed by atoms with Gasteiger partial charge in [-0.2, -0.15) is 0 Å². The molecule has 4 aliphatic rings. The third-order valence-electron chi connectivity index (χ3n) is 8.69. The van der Waals surface area contributed by atoms with Crippen molar-refractivity contribution in [1.29, 1.82) is 10.8 Å². The van der Waals surface area contributed by atoms with Crippen LogP contribution in [0.5, 0.6) is 5.75 Å². The molecule has 0 unspecified atom stereocenters. The molecule has 4 aliphatic heterocycles. The van der Waals surface area contributed by atoms with Crippen LogP contribution in [-0.2, 0) is 5.41 Å². The molecule has 218 valence electrons. The van der Waals surface area contributed by atoms with Crippen LogP contribution >= 0.6 is 0 Å². The summed E-state index contributed by atoms with van der Waals surface area (Å²) in [6.07, 6.45) is 0.805. The number of hydrogen-bond acceptors (Lipinski definition) is 7. The molecule has 0 saturated carbocycles. The Hall–Kier alpha value is -3.78. The summed E-state index contributed by atoms with van der Waals surface area (Å²) in [6, 6.07) is 2.30. The van der Waals surface area contributed by atoms with Crippen molar-refractivity contribution in [3.63, 3.8) is 0 Å². The molecule has 0 bridgehead atoms. The zero-order valence-electron chi connectivity index (χ0n) is 23.2. The van der Waals surface area contributed by atoms with Gasteiger partial charge in [0.1, 0.15) is 11.8 Å². The van der Waals surface area contributed by atoms with Gasteiger partial charge in [-0.1, -0.05) is 26.0 Å². The van der Waals surface area contributed by atoms with E-state index in [9.17, 15) is 19.8 Å². The fourth-order valence-electron chi connectivity index (χ4n) is 6.35. The van der Waals surface area contributed by atoms with Crippen LogP contribution in [0, 0.1) is 10.8 Å². The number of guanidine groups is 2. The van der Waals surface area contributed by atoms with Gasteiger partial charge in [0.15, 0.2) is 17.6 Å². The Morgan fingerprint density at radius 2 is 1.93 bits per heavy atom. The number of nitrogens with zero attached hydrogens (tertiary/aromatic N) is 2. The first kappa shape index (κ1) is 27.8. The molecule has 5 rings (SSSR count). The first-order valence-electron chi connectivity index (χ1n) is 13.7. The molecular formula is C26H39N9O5. The Balaban J connectivity index is 1.41. The topological polar surface area (TPSA) is 198 Å². The highest BCUT2D eigenvalue weighted by Gasteiger charge is 2.74. The summed E-state index contributed by atoms with van der Waals surface area (Å²) in [5, 5.41) is 54.7. The molecule has 14 heteroatoms. The van der Waals surface area contributed by atoms with E-state index in [4.69, 9.17) is 15.6 Å². The van der Waals surface area contributed by atoms with Crippen molar-refractivity contribution < 1.29 is 24.5 Å². The van der Waals surface area contributed by atoms with Crippen LogP contribution in [0.25, 0.3) is 0 Å². The molecule has 1 aromatic rings. The van der Waals surface area contributed by atoms with Gasteiger partial charge >= 0.3 is 6.03 Å². The number of nitrogens with one attached hydrogen (secondary N) is 7. The van der Waals surface area contributed by atoms with Gasteiger partial charge in [0.2, 0.25) is 5.79 Å². The molecule has 3 amide bonds. The van der Waals surface area contributed by atoms with E-state index in [-0.39, 0.29) is 42.0 Å². The average Bonchev–Trinajstić information content (AvgIpc) is 3.37. The van der Waals surface area contributed by atoms with Crippen molar-refractivity contribution in [3.8, 4) is 5.75 Å². The van der Waals surface area contributed by atoms with Crippen molar-refractivity contribution in [3.05, 3.63) is 29.3 Å². The Morgan fingerprint density at radius 3 is 2.62 bits per heavy atom. The predicted octanol–water partition coefficient (Wildman–Crippen LogP) is -1.01. The molecule has 1 spiro atoms. The number of benzene rings is 1. The molecule has 0 radical (unpaired) electrons. The van der Waals surface area contributed by atoms with Crippen molar-refractivity contribution in [2.45, 2.75) is 69.1 Å². The minimum atomic E-state index is -2.62. The van der Waals surface area contributed by atoms with Crippen molar-refractivity contribution in [2.75, 3.05) is 32.8 Å². The van der Waals surface area contributed by atoms with Crippen LogP contribution in [0.3, 0.4) is 0 Å². The minimum absolute atomic E-state index is 0.0519. The summed E-state index contributed by atoms with van der Waals surface area (Å²) >= 11 is 0. The number of para-hydroxylation sites is 1. The van der Waals surface area contributed by atoms with Gasteiger partial charge in [0.05, 0.1) is 24.3 Å². The fourth-order valence-corrected chi connectivity index (χ4v) is 6.35. The molecule has 4 atom stereocenters. The largest absolute Gasteiger partial charge is 0.492 e. The van der Waals surface area contributed by atoms with Gasteiger partial charge in [-0.15, -0.1) is 0 Å². The fraction of sp³-hybridized carbons (Fsp3) is 0.615. The van der Waals surface area contributed by atoms with Crippen molar-refractivity contribution in [1.82, 2.24) is 36.4 Å². The molecule has 3 saturated heterocycles. The number of carbonyl (C=O) groups is 2. The zero-order chi connectivity index (χ0) is 29.0. The Labute approximate surface area is 232 Å². The number of aliphatic hydroxyl groups is 2. The van der Waals surface area contributed by atoms with E-state index >= 15 is 0 Å². The van der Waals surface area contributed by atoms with E-state index < -0.39 is 35.5 Å². The van der Waals surface area contributed by atoms with E-state index in [2.05, 4.69) is 40.4 Å². The summed E-state index contributed by atoms with van der Waals surface area (Å²) in [7, 11) is 0. The summed E-state index contributed by atoms with van der Waals surface area (Å²) in [6.45, 7) is 9.34. The number of carbonyl (C=O) groups excluding carboxylic acids is 2. The van der Waals surface area contributed by atoms with Gasteiger partial charge in [0.25, 0.3) is 5.91 Å². The molecule has 40 heavy (non-hydrogen) atoms. The highest BCUT2D eigenvalue weighted by atomic mass is 16.5. The lowest BCUT2D eigenvalue weighted by atomic mass is 9.79. The second kappa shape index (κ2) is 9.70. The number of fused-ring (bicyclic) bond motifs is 1. The summed E-state index contributed by atoms with van der Waals surface area (Å²) < 4.78 is 5.89. The van der Waals surface area contributed by atoms with E-state index in [1.165, 1.54) is 4.90 Å². The standard InChI is InChI=1S/C26H39N9O5/c1-5-34(6-2)23(37)29-12-16-19-25(33-21(27)32-19)26(38,39)17(13-35(25)22(28)30-16)31-20(36)14-8-7-9-15-18(14)40-11-10-24(15,3)4/h7-9,16-17,19,38-39H,5-6,10-13H2,1-4H3,(H2,28,30)(H,29,37)(H,31,36)(H3,27,32,33)/t16-,17-,19-,25-/m0/s1. The smallest absolute Gasteiger partial charge is 0.317 e. The lowest BCUT2D eigenvalue weighted by Gasteiger charge is -2.51. The number of ether oxygens (including phenoxy) is 1. The molecule has 0 aromatic heterocycles. The van der Waals surface area contributed by atoms with E-state index in [0.717, 1.165) is 12.0 Å². The highest BCUT2D eigenvalue weighted by Crippen LogP contribution is 2.44. The number of hydrogen-bond donors (Lipinski definition) is 9. The van der Waals surface area contributed by atoms with Crippen LogP contribution in [0.2, 0.25) is 0 Å². The summed E-state index contributed by atoms with van der Waals surface area (Å²) in [5.74, 6) is -2.98. The van der Waals surface area contributed by atoms with Crippen LogP contribution in [0.4, 0.5) is 4.79 Å². The molecule has 4 heterocycles. The quantitative estimate of drug-likeness (QED) is 0.197. The van der Waals surface area contributed by atoms with Crippen LogP contribution < -0.4 is 31.3 Å². The monoisotopic (exact) mass is 557 g/mol. The molecule has 0 aliphatic carbocycles. The SMILES string of the molecule is CCN(CC)C(=O)NC[C@@H]1NC(=N)N2C[C@H](NC(=O)c3cccc4c3OCCC4(C)C)C(O)(O)[C@@]23NC(=N)N[C@@H]13. The predicted molar refractivity (Wildman–Crippen MR) is 146 cm³/mol. The maximum absolute atomic E-state index is 13.5. The summed E-state index contributed by atoms with van der Waals surface area (Å²) in [5.41, 5.74) is -0.749. The van der Waals surface area contributed by atoms with Gasteiger partial charge in [-0.05, 0) is 31.7 Å². The van der Waals surface area contributed by atoms with Gasteiger partial charge in [-0.25, -0.2) is 4.79 Å². The molecule has 1 aromatic carbocycles. The van der Waals surface area contributed by atoms with Crippen LogP contribution in [0.15, 0.2) is 18.2 Å². The second-order valence-corrected chi connectivity index (χ2v) is 11.4. The van der Waals surface area contributed by atoms with E-state index in [0.29, 0.717) is 25.4 Å². The van der Waals surface area contributed by atoms with Gasteiger partial charge < -0.3 is 51.3 Å². The number of rotatable bonds is 6. The second-order valence-electron chi connectivity index (χ2n) is 11.4. The Morgan fingerprint density at radius 1 is 1.20 bits per heavy atom. The third-order valence-corrected chi connectivity index (χ3v) is 8.69. The molecule has 3 fully saturated rings. The number of urea groups is 1. The minimum Gasteiger partial charge on any atom is -0.492 e.